The molecule has 1 amide bonds. The van der Waals surface area contributed by atoms with Gasteiger partial charge in [-0.1, -0.05) is 43.7 Å². The van der Waals surface area contributed by atoms with Gasteiger partial charge in [0.05, 0.1) is 23.2 Å². The lowest BCUT2D eigenvalue weighted by atomic mass is 10.2. The largest absolute Gasteiger partial charge is 0.494 e. The van der Waals surface area contributed by atoms with Crippen LogP contribution in [0.25, 0.3) is 10.2 Å². The fraction of sp³-hybridized carbons (Fsp3) is 0.321. The molecule has 0 bridgehead atoms. The van der Waals surface area contributed by atoms with Gasteiger partial charge >= 0.3 is 0 Å². The van der Waals surface area contributed by atoms with Gasteiger partial charge in [0.15, 0.2) is 5.13 Å². The van der Waals surface area contributed by atoms with Crippen molar-refractivity contribution in [2.45, 2.75) is 45.1 Å². The molecule has 0 saturated heterocycles. The second kappa shape index (κ2) is 12.0. The van der Waals surface area contributed by atoms with E-state index in [1.165, 1.54) is 27.8 Å². The number of thiazole rings is 1. The van der Waals surface area contributed by atoms with Gasteiger partial charge in [-0.25, -0.2) is 13.4 Å². The molecular formula is C28H32N4O4S2. The lowest BCUT2D eigenvalue weighted by Gasteiger charge is -2.21. The minimum Gasteiger partial charge on any atom is -0.494 e. The zero-order valence-electron chi connectivity index (χ0n) is 22.0. The van der Waals surface area contributed by atoms with Gasteiger partial charge in [-0.3, -0.25) is 14.7 Å². The van der Waals surface area contributed by atoms with Gasteiger partial charge in [-0.15, -0.1) is 0 Å². The molecule has 2 heterocycles. The van der Waals surface area contributed by atoms with E-state index < -0.39 is 10.0 Å². The Hall–Kier alpha value is -3.34. The summed E-state index contributed by atoms with van der Waals surface area (Å²) in [5.74, 6) is 0.354. The highest BCUT2D eigenvalue weighted by atomic mass is 32.2. The average Bonchev–Trinajstić information content (AvgIpc) is 3.39. The number of hydrogen-bond acceptors (Lipinski definition) is 7. The monoisotopic (exact) mass is 552 g/mol. The maximum atomic E-state index is 13.8. The maximum Gasteiger partial charge on any atom is 0.260 e. The Morgan fingerprint density at radius 3 is 2.47 bits per heavy atom. The molecule has 0 spiro atoms. The predicted octanol–water partition coefficient (Wildman–Crippen LogP) is 5.67. The number of ether oxygens (including phenoxy) is 1. The van der Waals surface area contributed by atoms with Crippen molar-refractivity contribution in [2.75, 3.05) is 25.1 Å². The minimum absolute atomic E-state index is 0.172. The number of benzene rings is 2. The molecule has 0 N–H and O–H groups in total. The molecule has 38 heavy (non-hydrogen) atoms. The highest BCUT2D eigenvalue weighted by Gasteiger charge is 2.26. The van der Waals surface area contributed by atoms with Crippen molar-refractivity contribution in [3.05, 3.63) is 77.6 Å². The third-order valence-electron chi connectivity index (χ3n) is 6.30. The number of rotatable bonds is 11. The molecule has 0 radical (unpaired) electrons. The molecule has 0 saturated carbocycles. The molecule has 0 unspecified atom stereocenters. The van der Waals surface area contributed by atoms with Gasteiger partial charge in [0.2, 0.25) is 10.0 Å². The number of methoxy groups -OCH3 is 1. The van der Waals surface area contributed by atoms with Crippen molar-refractivity contribution in [1.82, 2.24) is 14.3 Å². The first-order chi connectivity index (χ1) is 18.3. The Labute approximate surface area is 228 Å². The fourth-order valence-corrected chi connectivity index (χ4v) is 6.67. The standard InChI is InChI=1S/C28H32N4O4S2/c1-5-7-17-31(6-2)38(34,35)23-13-11-22(12-14-23)27(33)32(19-21-9-8-16-29-18-21)28-30-25-24(36-4)15-10-20(3)26(25)37-28/h8-16,18H,5-7,17,19H2,1-4H3. The summed E-state index contributed by atoms with van der Waals surface area (Å²) in [6, 6.07) is 13.7. The van der Waals surface area contributed by atoms with E-state index in [4.69, 9.17) is 9.72 Å². The van der Waals surface area contributed by atoms with E-state index in [-0.39, 0.29) is 17.3 Å². The van der Waals surface area contributed by atoms with Crippen molar-refractivity contribution in [3.8, 4) is 5.75 Å². The Morgan fingerprint density at radius 2 is 1.84 bits per heavy atom. The van der Waals surface area contributed by atoms with Crippen LogP contribution in [0.1, 0.15) is 48.2 Å². The van der Waals surface area contributed by atoms with Crippen LogP contribution in [-0.4, -0.2) is 48.8 Å². The van der Waals surface area contributed by atoms with Crippen molar-refractivity contribution in [2.24, 2.45) is 0 Å². The second-order valence-corrected chi connectivity index (χ2v) is 11.8. The highest BCUT2D eigenvalue weighted by molar-refractivity contribution is 7.89. The third kappa shape index (κ3) is 5.72. The number of hydrogen-bond donors (Lipinski definition) is 0. The van der Waals surface area contributed by atoms with Gasteiger partial charge in [0, 0.05) is 31.0 Å². The summed E-state index contributed by atoms with van der Waals surface area (Å²) in [6.45, 7) is 6.97. The fourth-order valence-electron chi connectivity index (χ4n) is 4.14. The molecule has 4 aromatic rings. The second-order valence-electron chi connectivity index (χ2n) is 8.89. The van der Waals surface area contributed by atoms with Crippen LogP contribution in [0.4, 0.5) is 5.13 Å². The molecule has 4 rings (SSSR count). The topological polar surface area (TPSA) is 92.7 Å². The minimum atomic E-state index is -3.64. The first-order valence-corrected chi connectivity index (χ1v) is 14.8. The average molecular weight is 553 g/mol. The van der Waals surface area contributed by atoms with Gasteiger partial charge in [-0.05, 0) is 60.9 Å². The number of nitrogens with zero attached hydrogens (tertiary/aromatic N) is 4. The Kier molecular flexibility index (Phi) is 8.76. The van der Waals surface area contributed by atoms with E-state index in [1.807, 2.05) is 45.0 Å². The quantitative estimate of drug-likeness (QED) is 0.238. The lowest BCUT2D eigenvalue weighted by Crippen LogP contribution is -2.32. The first-order valence-electron chi connectivity index (χ1n) is 12.5. The first kappa shape index (κ1) is 27.7. The van der Waals surface area contributed by atoms with E-state index in [2.05, 4.69) is 4.98 Å². The number of sulfonamides is 1. The van der Waals surface area contributed by atoms with Crippen LogP contribution in [0.2, 0.25) is 0 Å². The molecule has 0 atom stereocenters. The van der Waals surface area contributed by atoms with E-state index in [9.17, 15) is 13.2 Å². The van der Waals surface area contributed by atoms with Crippen LogP contribution in [-0.2, 0) is 16.6 Å². The van der Waals surface area contributed by atoms with E-state index >= 15 is 0 Å². The summed E-state index contributed by atoms with van der Waals surface area (Å²) in [5, 5.41) is 0.523. The number of anilines is 1. The molecule has 0 aliphatic heterocycles. The Morgan fingerprint density at radius 1 is 1.08 bits per heavy atom. The lowest BCUT2D eigenvalue weighted by molar-refractivity contribution is 0.0985. The number of unbranched alkanes of at least 4 members (excludes halogenated alkanes) is 1. The number of aromatic nitrogens is 2. The summed E-state index contributed by atoms with van der Waals surface area (Å²) >= 11 is 1.42. The molecule has 2 aromatic heterocycles. The third-order valence-corrected chi connectivity index (χ3v) is 9.51. The Balaban J connectivity index is 1.71. The van der Waals surface area contributed by atoms with Crippen molar-refractivity contribution < 1.29 is 17.9 Å². The summed E-state index contributed by atoms with van der Waals surface area (Å²) in [6.07, 6.45) is 5.09. The summed E-state index contributed by atoms with van der Waals surface area (Å²) in [4.78, 5) is 24.6. The van der Waals surface area contributed by atoms with Crippen LogP contribution in [0.15, 0.2) is 65.8 Å². The van der Waals surface area contributed by atoms with Gasteiger partial charge in [0.1, 0.15) is 11.3 Å². The zero-order valence-corrected chi connectivity index (χ0v) is 23.7. The zero-order chi connectivity index (χ0) is 27.3. The van der Waals surface area contributed by atoms with Crippen LogP contribution >= 0.6 is 11.3 Å². The molecule has 0 fully saturated rings. The normalized spacial score (nSPS) is 11.7. The summed E-state index contributed by atoms with van der Waals surface area (Å²) in [5.41, 5.74) is 2.95. The number of aryl methyl sites for hydroxylation is 1. The molecular weight excluding hydrogens is 520 g/mol. The predicted molar refractivity (Wildman–Crippen MR) is 151 cm³/mol. The smallest absolute Gasteiger partial charge is 0.260 e. The van der Waals surface area contributed by atoms with Crippen molar-refractivity contribution >= 4 is 42.6 Å². The van der Waals surface area contributed by atoms with Gasteiger partial charge in [-0.2, -0.15) is 4.31 Å². The summed E-state index contributed by atoms with van der Waals surface area (Å²) < 4.78 is 34.2. The van der Waals surface area contributed by atoms with Crippen LogP contribution < -0.4 is 9.64 Å². The Bertz CT molecular complexity index is 1500. The van der Waals surface area contributed by atoms with E-state index in [0.29, 0.717) is 35.1 Å². The van der Waals surface area contributed by atoms with Crippen LogP contribution in [0, 0.1) is 6.92 Å². The molecule has 8 nitrogen and oxygen atoms in total. The van der Waals surface area contributed by atoms with E-state index in [1.54, 1.807) is 36.5 Å². The van der Waals surface area contributed by atoms with Crippen LogP contribution in [0.3, 0.4) is 0 Å². The van der Waals surface area contributed by atoms with Crippen molar-refractivity contribution in [1.29, 1.82) is 0 Å². The molecule has 200 valence electrons. The van der Waals surface area contributed by atoms with Gasteiger partial charge in [0.25, 0.3) is 5.91 Å². The number of fused-ring (bicyclic) bond motifs is 1. The molecule has 0 aliphatic carbocycles. The number of amides is 1. The van der Waals surface area contributed by atoms with Crippen molar-refractivity contribution in [3.63, 3.8) is 0 Å². The number of carbonyl (C=O) groups excluding carboxylic acids is 1. The molecule has 0 aliphatic rings. The van der Waals surface area contributed by atoms with Gasteiger partial charge < -0.3 is 4.74 Å². The SMILES string of the molecule is CCCCN(CC)S(=O)(=O)c1ccc(C(=O)N(Cc2cccnc2)c2nc3c(OC)ccc(C)c3s2)cc1. The maximum absolute atomic E-state index is 13.8. The summed E-state index contributed by atoms with van der Waals surface area (Å²) in [7, 11) is -2.04. The number of carbonyl (C=O) groups is 1. The highest BCUT2D eigenvalue weighted by Crippen LogP contribution is 2.37. The number of pyridine rings is 1. The molecule has 10 heteroatoms. The van der Waals surface area contributed by atoms with E-state index in [0.717, 1.165) is 28.7 Å². The van der Waals surface area contributed by atoms with Crippen LogP contribution in [0.5, 0.6) is 5.75 Å². The molecule has 2 aromatic carbocycles.